The summed E-state index contributed by atoms with van der Waals surface area (Å²) in [6.07, 6.45) is -0.153. The third kappa shape index (κ3) is 8.07. The molecule has 5 rings (SSSR count). The molecule has 1 fully saturated rings. The summed E-state index contributed by atoms with van der Waals surface area (Å²) in [4.78, 5) is 13.3. The number of rotatable bonds is 12. The zero-order chi connectivity index (χ0) is 38.3. The summed E-state index contributed by atoms with van der Waals surface area (Å²) >= 11 is 0. The van der Waals surface area contributed by atoms with E-state index >= 15 is 8.78 Å². The topological polar surface area (TPSA) is 128 Å². The fraction of sp³-hybridized carbons (Fsp3) is 0.324. The Morgan fingerprint density at radius 1 is 0.865 bits per heavy atom. The quantitative estimate of drug-likeness (QED) is 0.0639. The number of halogens is 5. The Kier molecular flexibility index (Phi) is 11.0. The van der Waals surface area contributed by atoms with E-state index in [-0.39, 0.29) is 38.8 Å². The molecular weight excluding hydrogens is 711 g/mol. The molecule has 9 nitrogen and oxygen atoms in total. The number of aliphatic hydroxyl groups excluding tert-OH is 1. The Balaban J connectivity index is 1.64. The van der Waals surface area contributed by atoms with Gasteiger partial charge in [-0.3, -0.25) is 4.79 Å². The van der Waals surface area contributed by atoms with E-state index in [0.717, 1.165) is 41.0 Å². The van der Waals surface area contributed by atoms with E-state index in [1.165, 1.54) is 37.4 Å². The van der Waals surface area contributed by atoms with E-state index in [0.29, 0.717) is 11.5 Å². The lowest BCUT2D eigenvalue weighted by Gasteiger charge is -2.29. The number of nitrogens with zero attached hydrogens (tertiary/aromatic N) is 2. The van der Waals surface area contributed by atoms with Gasteiger partial charge in [0.1, 0.15) is 11.5 Å². The van der Waals surface area contributed by atoms with Crippen molar-refractivity contribution in [3.05, 3.63) is 118 Å². The molecule has 1 aliphatic carbocycles. The van der Waals surface area contributed by atoms with Crippen LogP contribution in [0.3, 0.4) is 0 Å². The average molecular weight is 749 g/mol. The maximum absolute atomic E-state index is 15.0. The van der Waals surface area contributed by atoms with Gasteiger partial charge in [0.15, 0.2) is 34.5 Å². The molecule has 1 saturated carbocycles. The lowest BCUT2D eigenvalue weighted by atomic mass is 9.84. The summed E-state index contributed by atoms with van der Waals surface area (Å²) in [5.41, 5.74) is 2.06. The lowest BCUT2D eigenvalue weighted by Crippen LogP contribution is -2.43. The highest BCUT2D eigenvalue weighted by Gasteiger charge is 2.39. The van der Waals surface area contributed by atoms with Crippen LogP contribution in [0.15, 0.2) is 65.6 Å². The standard InChI is InChI=1S/C37H37F5N2O7S/c1-37(2,3)24-13-21(12-23(15-24)22-8-9-22)18-44(25-10-11-27(36(47)48)28(45)16-25)29(46)19-43(17-20-6-5-7-26(14-20)51-4)52(49,50)35-33(41)31(39)30(38)32(40)34(35)42/h5-7,10-16,22,36,45,47-48H,8-9,17-19H2,1-4H3. The zero-order valence-electron chi connectivity index (χ0n) is 28.6. The summed E-state index contributed by atoms with van der Waals surface area (Å²) in [5.74, 6) is -13.9. The molecule has 0 aromatic heterocycles. The first-order valence-electron chi connectivity index (χ1n) is 16.1. The number of anilines is 1. The largest absolute Gasteiger partial charge is 0.507 e. The molecule has 4 aromatic rings. The number of carbonyl (C=O) groups excluding carboxylic acids is 1. The molecule has 0 bridgehead atoms. The SMILES string of the molecule is COc1cccc(CN(CC(=O)N(Cc2cc(C3CC3)cc(C(C)(C)C)c2)c2ccc(C(O)O)c(O)c2)S(=O)(=O)c2c(F)c(F)c(F)c(F)c2F)c1. The van der Waals surface area contributed by atoms with Crippen molar-refractivity contribution in [1.29, 1.82) is 0 Å². The van der Waals surface area contributed by atoms with Crippen LogP contribution in [0.1, 0.15) is 73.6 Å². The number of carbonyl (C=O) groups is 1. The Morgan fingerprint density at radius 2 is 1.50 bits per heavy atom. The predicted molar refractivity (Wildman–Crippen MR) is 180 cm³/mol. The van der Waals surface area contributed by atoms with Crippen LogP contribution in [0.4, 0.5) is 27.6 Å². The summed E-state index contributed by atoms with van der Waals surface area (Å²) < 4.78 is 106. The van der Waals surface area contributed by atoms with Crippen LogP contribution in [0.5, 0.6) is 11.5 Å². The lowest BCUT2D eigenvalue weighted by molar-refractivity contribution is -0.119. The second-order valence-electron chi connectivity index (χ2n) is 13.6. The van der Waals surface area contributed by atoms with Crippen LogP contribution in [0.2, 0.25) is 0 Å². The number of phenols is 1. The minimum atomic E-state index is -5.65. The predicted octanol–water partition coefficient (Wildman–Crippen LogP) is 6.68. The van der Waals surface area contributed by atoms with Crippen LogP contribution in [-0.4, -0.2) is 47.6 Å². The van der Waals surface area contributed by atoms with E-state index in [1.54, 1.807) is 0 Å². The second-order valence-corrected chi connectivity index (χ2v) is 15.5. The summed E-state index contributed by atoms with van der Waals surface area (Å²) in [6, 6.07) is 15.0. The van der Waals surface area contributed by atoms with Gasteiger partial charge in [-0.15, -0.1) is 0 Å². The van der Waals surface area contributed by atoms with Gasteiger partial charge in [-0.2, -0.15) is 4.31 Å². The van der Waals surface area contributed by atoms with Crippen molar-refractivity contribution < 1.29 is 55.2 Å². The molecule has 15 heteroatoms. The molecule has 0 unspecified atom stereocenters. The van der Waals surface area contributed by atoms with E-state index in [4.69, 9.17) is 4.74 Å². The number of hydrogen-bond acceptors (Lipinski definition) is 7. The van der Waals surface area contributed by atoms with Crippen LogP contribution in [-0.2, 0) is 33.3 Å². The highest BCUT2D eigenvalue weighted by Crippen LogP contribution is 2.42. The fourth-order valence-electron chi connectivity index (χ4n) is 5.70. The Morgan fingerprint density at radius 3 is 2.06 bits per heavy atom. The smallest absolute Gasteiger partial charge is 0.249 e. The molecule has 4 aromatic carbocycles. The Labute approximate surface area is 297 Å². The second kappa shape index (κ2) is 14.8. The first-order valence-corrected chi connectivity index (χ1v) is 17.6. The van der Waals surface area contributed by atoms with Gasteiger partial charge in [-0.25, -0.2) is 30.4 Å². The number of hydrogen-bond donors (Lipinski definition) is 3. The third-order valence-corrected chi connectivity index (χ3v) is 10.6. The average Bonchev–Trinajstić information content (AvgIpc) is 3.94. The van der Waals surface area contributed by atoms with Crippen LogP contribution < -0.4 is 9.64 Å². The van der Waals surface area contributed by atoms with Gasteiger partial charge in [0.05, 0.1) is 20.2 Å². The molecule has 0 radical (unpaired) electrons. The van der Waals surface area contributed by atoms with Crippen LogP contribution in [0, 0.1) is 29.1 Å². The minimum Gasteiger partial charge on any atom is -0.507 e. The van der Waals surface area contributed by atoms with Crippen molar-refractivity contribution in [2.45, 2.75) is 69.2 Å². The van der Waals surface area contributed by atoms with Crippen molar-refractivity contribution >= 4 is 21.6 Å². The number of aromatic hydroxyl groups is 1. The van der Waals surface area contributed by atoms with Gasteiger partial charge in [0.25, 0.3) is 0 Å². The molecule has 3 N–H and O–H groups in total. The first kappa shape index (κ1) is 38.7. The van der Waals surface area contributed by atoms with Crippen molar-refractivity contribution in [1.82, 2.24) is 4.31 Å². The molecular formula is C37H37F5N2O7S. The van der Waals surface area contributed by atoms with Crippen molar-refractivity contribution in [3.63, 3.8) is 0 Å². The number of benzene rings is 4. The maximum Gasteiger partial charge on any atom is 0.249 e. The number of amides is 1. The highest BCUT2D eigenvalue weighted by atomic mass is 32.2. The Hall–Kier alpha value is -4.57. The van der Waals surface area contributed by atoms with E-state index in [9.17, 15) is 41.7 Å². The molecule has 0 atom stereocenters. The number of ether oxygens (including phenoxy) is 1. The van der Waals surface area contributed by atoms with Gasteiger partial charge < -0.3 is 25.0 Å². The van der Waals surface area contributed by atoms with Crippen molar-refractivity contribution in [2.24, 2.45) is 0 Å². The number of sulfonamides is 1. The van der Waals surface area contributed by atoms with E-state index < -0.39 is 75.0 Å². The van der Waals surface area contributed by atoms with Gasteiger partial charge >= 0.3 is 0 Å². The maximum atomic E-state index is 15.0. The zero-order valence-corrected chi connectivity index (χ0v) is 29.4. The number of methoxy groups -OCH3 is 1. The van der Waals surface area contributed by atoms with Gasteiger partial charge in [0.2, 0.25) is 21.7 Å². The highest BCUT2D eigenvalue weighted by molar-refractivity contribution is 7.89. The first-order chi connectivity index (χ1) is 24.3. The van der Waals surface area contributed by atoms with Crippen LogP contribution in [0.25, 0.3) is 0 Å². The van der Waals surface area contributed by atoms with Crippen molar-refractivity contribution in [2.75, 3.05) is 18.6 Å². The summed E-state index contributed by atoms with van der Waals surface area (Å²) in [5, 5.41) is 29.9. The normalized spacial score (nSPS) is 13.6. The molecule has 1 amide bonds. The number of phenolic OH excluding ortho intramolecular Hbond substituents is 1. The molecule has 0 aliphatic heterocycles. The van der Waals surface area contributed by atoms with Gasteiger partial charge in [0, 0.05) is 23.9 Å². The summed E-state index contributed by atoms with van der Waals surface area (Å²) in [7, 11) is -4.33. The fourth-order valence-corrected chi connectivity index (χ4v) is 7.19. The molecule has 278 valence electrons. The Bertz CT molecular complexity index is 2090. The monoisotopic (exact) mass is 748 g/mol. The van der Waals surface area contributed by atoms with E-state index in [1.807, 2.05) is 32.9 Å². The minimum absolute atomic E-state index is 0.0315. The third-order valence-electron chi connectivity index (χ3n) is 8.75. The molecule has 0 spiro atoms. The molecule has 52 heavy (non-hydrogen) atoms. The molecule has 0 saturated heterocycles. The summed E-state index contributed by atoms with van der Waals surface area (Å²) in [6.45, 7) is 3.83. The van der Waals surface area contributed by atoms with Gasteiger partial charge in [-0.1, -0.05) is 51.1 Å². The van der Waals surface area contributed by atoms with Crippen molar-refractivity contribution in [3.8, 4) is 11.5 Å². The molecule has 0 heterocycles. The number of aliphatic hydroxyl groups is 2. The van der Waals surface area contributed by atoms with E-state index in [2.05, 4.69) is 6.07 Å². The van der Waals surface area contributed by atoms with Gasteiger partial charge in [-0.05, 0) is 70.7 Å². The van der Waals surface area contributed by atoms with Crippen LogP contribution >= 0.6 is 0 Å². The molecule has 1 aliphatic rings.